The van der Waals surface area contributed by atoms with Crippen LogP contribution in [0.2, 0.25) is 0 Å². The van der Waals surface area contributed by atoms with Crippen molar-refractivity contribution in [3.05, 3.63) is 35.7 Å². The van der Waals surface area contributed by atoms with Crippen molar-refractivity contribution in [2.45, 2.75) is 68.1 Å². The number of benzene rings is 1. The van der Waals surface area contributed by atoms with Crippen LogP contribution >= 0.6 is 0 Å². The molecule has 2 N–H and O–H groups in total. The molecule has 3 aliphatic rings. The van der Waals surface area contributed by atoms with Gasteiger partial charge in [0.15, 0.2) is 0 Å². The van der Waals surface area contributed by atoms with Gasteiger partial charge in [0.2, 0.25) is 15.9 Å². The summed E-state index contributed by atoms with van der Waals surface area (Å²) in [5, 5.41) is 7.57. The molecule has 1 aromatic heterocycles. The number of halogens is 3. The highest BCUT2D eigenvalue weighted by molar-refractivity contribution is 7.89. The van der Waals surface area contributed by atoms with Crippen molar-refractivity contribution in [2.75, 3.05) is 25.4 Å². The van der Waals surface area contributed by atoms with Gasteiger partial charge in [-0.3, -0.25) is 4.90 Å². The molecule has 0 aliphatic carbocycles. The molecule has 0 radical (unpaired) electrons. The number of rotatable bonds is 6. The monoisotopic (exact) mass is 513 g/mol. The van der Waals surface area contributed by atoms with Crippen molar-refractivity contribution in [3.8, 4) is 0 Å². The van der Waals surface area contributed by atoms with Crippen LogP contribution in [0.25, 0.3) is 0 Å². The Hall–Kier alpha value is -2.18. The molecular weight excluding hydrogens is 483 g/mol. The molecule has 0 bridgehead atoms. The number of sulfonamides is 1. The molecule has 12 heteroatoms. The van der Waals surface area contributed by atoms with E-state index in [4.69, 9.17) is 10.2 Å². The van der Waals surface area contributed by atoms with Gasteiger partial charge in [-0.15, -0.1) is 5.10 Å². The first kappa shape index (κ1) is 24.5. The Bertz CT molecular complexity index is 1140. The maximum Gasteiger partial charge on any atom is 0.416 e. The van der Waals surface area contributed by atoms with Gasteiger partial charge in [0.1, 0.15) is 0 Å². The van der Waals surface area contributed by atoms with E-state index in [1.165, 1.54) is 0 Å². The Labute approximate surface area is 202 Å². The molecule has 4 heterocycles. The third-order valence-electron chi connectivity index (χ3n) is 7.79. The summed E-state index contributed by atoms with van der Waals surface area (Å²) in [5.41, 5.74) is 4.65. The van der Waals surface area contributed by atoms with Crippen LogP contribution in [0.5, 0.6) is 0 Å². The van der Waals surface area contributed by atoms with Crippen LogP contribution in [0.3, 0.4) is 0 Å². The van der Waals surface area contributed by atoms with Crippen molar-refractivity contribution in [1.82, 2.24) is 19.4 Å². The Balaban J connectivity index is 1.43. The molecule has 0 saturated carbocycles. The first-order valence-corrected chi connectivity index (χ1v) is 13.6. The fraction of sp³-hybridized carbons (Fsp3) is 0.652. The number of hydrogen-bond acceptors (Lipinski definition) is 7. The third-order valence-corrected chi connectivity index (χ3v) is 9.69. The predicted molar refractivity (Wildman–Crippen MR) is 122 cm³/mol. The van der Waals surface area contributed by atoms with E-state index >= 15 is 0 Å². The fourth-order valence-corrected chi connectivity index (χ4v) is 8.13. The minimum Gasteiger partial charge on any atom is -0.408 e. The first-order valence-electron chi connectivity index (χ1n) is 12.2. The smallest absolute Gasteiger partial charge is 0.408 e. The number of hydrogen-bond donors (Lipinski definition) is 1. The van der Waals surface area contributed by atoms with Gasteiger partial charge in [0.05, 0.1) is 10.5 Å². The van der Waals surface area contributed by atoms with Gasteiger partial charge < -0.3 is 10.2 Å². The van der Waals surface area contributed by atoms with E-state index in [1.54, 1.807) is 4.31 Å². The fourth-order valence-electron chi connectivity index (χ4n) is 6.37. The number of nitrogens with two attached hydrogens (primary N) is 1. The first-order chi connectivity index (χ1) is 16.6. The summed E-state index contributed by atoms with van der Waals surface area (Å²) < 4.78 is 73.6. The average molecular weight is 514 g/mol. The Kier molecular flexibility index (Phi) is 6.56. The third kappa shape index (κ3) is 4.79. The zero-order chi connectivity index (χ0) is 24.8. The standard InChI is InChI=1S/C23H30F3N5O3S/c24-23(25,26)16-8-10-17(11-9-16)35(32,33)31-14-15-4-2-12-30-13-3-5-18(21(15)30)19(31)6-1-7-20-28-29-22(27)34-20/h8-11,15,18-19,21H,1-7,12-14H2,(H2,27,29)/t15-,18+,19+,21-/m0/s1. The second-order valence-electron chi connectivity index (χ2n) is 9.83. The molecule has 0 spiro atoms. The minimum absolute atomic E-state index is 0.00264. The van der Waals surface area contributed by atoms with Crippen molar-refractivity contribution >= 4 is 16.0 Å². The lowest BCUT2D eigenvalue weighted by atomic mass is 9.70. The highest BCUT2D eigenvalue weighted by Crippen LogP contribution is 2.45. The highest BCUT2D eigenvalue weighted by Gasteiger charge is 2.51. The van der Waals surface area contributed by atoms with Gasteiger partial charge in [0.25, 0.3) is 0 Å². The van der Waals surface area contributed by atoms with Crippen molar-refractivity contribution in [1.29, 1.82) is 0 Å². The van der Waals surface area contributed by atoms with E-state index in [-0.39, 0.29) is 28.8 Å². The van der Waals surface area contributed by atoms with Gasteiger partial charge in [-0.25, -0.2) is 8.42 Å². The number of anilines is 1. The summed E-state index contributed by atoms with van der Waals surface area (Å²) in [4.78, 5) is 2.43. The molecule has 0 unspecified atom stereocenters. The average Bonchev–Trinajstić information content (AvgIpc) is 3.25. The van der Waals surface area contributed by atoms with Crippen LogP contribution in [0.4, 0.5) is 19.2 Å². The SMILES string of the molecule is Nc1nnc(CCC[C@@H]2[C@H]3CCCN4CCC[C@@H](CN2S(=O)(=O)c2ccc(C(F)(F)F)cc2)[C@@H]34)o1. The Morgan fingerprint density at radius 2 is 1.80 bits per heavy atom. The van der Waals surface area contributed by atoms with Crippen LogP contribution in [-0.2, 0) is 22.6 Å². The number of nitrogen functional groups attached to an aromatic ring is 1. The van der Waals surface area contributed by atoms with Crippen LogP contribution < -0.4 is 5.73 Å². The topological polar surface area (TPSA) is 106 Å². The van der Waals surface area contributed by atoms with Gasteiger partial charge in [-0.05, 0) is 87.7 Å². The summed E-state index contributed by atoms with van der Waals surface area (Å²) in [5.74, 6) is 0.821. The molecule has 3 saturated heterocycles. The van der Waals surface area contributed by atoms with E-state index in [1.807, 2.05) is 0 Å². The van der Waals surface area contributed by atoms with E-state index in [2.05, 4.69) is 15.1 Å². The molecule has 35 heavy (non-hydrogen) atoms. The van der Waals surface area contributed by atoms with E-state index < -0.39 is 21.8 Å². The molecular formula is C23H30F3N5O3S. The predicted octanol–water partition coefficient (Wildman–Crippen LogP) is 3.56. The molecule has 3 aliphatic heterocycles. The van der Waals surface area contributed by atoms with Gasteiger partial charge in [-0.2, -0.15) is 17.5 Å². The van der Waals surface area contributed by atoms with Crippen LogP contribution in [0.1, 0.15) is 50.0 Å². The molecule has 4 atom stereocenters. The Morgan fingerprint density at radius 1 is 1.09 bits per heavy atom. The quantitative estimate of drug-likeness (QED) is 0.630. The van der Waals surface area contributed by atoms with Crippen molar-refractivity contribution in [2.24, 2.45) is 11.8 Å². The lowest BCUT2D eigenvalue weighted by molar-refractivity contribution is -0.137. The molecule has 1 aromatic carbocycles. The number of nitrogens with zero attached hydrogens (tertiary/aromatic N) is 4. The molecule has 2 aromatic rings. The zero-order valence-corrected chi connectivity index (χ0v) is 20.1. The highest BCUT2D eigenvalue weighted by atomic mass is 32.2. The largest absolute Gasteiger partial charge is 0.416 e. The van der Waals surface area contributed by atoms with Crippen LogP contribution in [0, 0.1) is 11.8 Å². The lowest BCUT2D eigenvalue weighted by Crippen LogP contribution is -2.65. The second kappa shape index (κ2) is 9.36. The van der Waals surface area contributed by atoms with E-state index in [9.17, 15) is 21.6 Å². The summed E-state index contributed by atoms with van der Waals surface area (Å²) in [6.07, 6.45) is 1.15. The summed E-state index contributed by atoms with van der Waals surface area (Å²) in [7, 11) is -3.98. The second-order valence-corrected chi connectivity index (χ2v) is 11.7. The number of aromatic nitrogens is 2. The number of piperidine rings is 3. The van der Waals surface area contributed by atoms with Gasteiger partial charge >= 0.3 is 12.2 Å². The minimum atomic E-state index is -4.52. The van der Waals surface area contributed by atoms with Gasteiger partial charge in [0, 0.05) is 25.0 Å². The molecule has 0 amide bonds. The van der Waals surface area contributed by atoms with Crippen LogP contribution in [0.15, 0.2) is 33.6 Å². The molecule has 192 valence electrons. The van der Waals surface area contributed by atoms with Crippen molar-refractivity contribution < 1.29 is 26.0 Å². The number of alkyl halides is 3. The zero-order valence-electron chi connectivity index (χ0n) is 19.3. The number of aryl methyl sites for hydroxylation is 1. The normalized spacial score (nSPS) is 28.1. The lowest BCUT2D eigenvalue weighted by Gasteiger charge is -2.57. The summed E-state index contributed by atoms with van der Waals surface area (Å²) >= 11 is 0. The van der Waals surface area contributed by atoms with Gasteiger partial charge in [-0.1, -0.05) is 5.10 Å². The van der Waals surface area contributed by atoms with E-state index in [0.717, 1.165) is 63.0 Å². The Morgan fingerprint density at radius 3 is 2.46 bits per heavy atom. The van der Waals surface area contributed by atoms with Crippen LogP contribution in [-0.4, -0.2) is 59.5 Å². The molecule has 3 fully saturated rings. The van der Waals surface area contributed by atoms with E-state index in [0.29, 0.717) is 37.7 Å². The summed E-state index contributed by atoms with van der Waals surface area (Å²) in [6, 6.07) is 3.95. The molecule has 8 nitrogen and oxygen atoms in total. The van der Waals surface area contributed by atoms with Crippen molar-refractivity contribution in [3.63, 3.8) is 0 Å². The maximum atomic E-state index is 13.8. The maximum absolute atomic E-state index is 13.8. The summed E-state index contributed by atoms with van der Waals surface area (Å²) in [6.45, 7) is 2.47. The molecule has 5 rings (SSSR count).